The Morgan fingerprint density at radius 1 is 0.923 bits per heavy atom. The minimum absolute atomic E-state index is 0.107. The van der Waals surface area contributed by atoms with Crippen LogP contribution in [-0.2, 0) is 4.79 Å². The Morgan fingerprint density at radius 3 is 2.12 bits per heavy atom. The molecule has 5 heteroatoms. The Labute approximate surface area is 154 Å². The van der Waals surface area contributed by atoms with Crippen LogP contribution in [0.25, 0.3) is 0 Å². The number of hydrogen-bond donors (Lipinski definition) is 1. The fourth-order valence-electron chi connectivity index (χ4n) is 3.10. The van der Waals surface area contributed by atoms with Gasteiger partial charge < -0.3 is 15.1 Å². The Kier molecular flexibility index (Phi) is 5.56. The predicted octanol–water partition coefficient (Wildman–Crippen LogP) is 3.31. The van der Waals surface area contributed by atoms with Crippen molar-refractivity contribution in [3.63, 3.8) is 0 Å². The second kappa shape index (κ2) is 8.04. The second-order valence-electron chi connectivity index (χ2n) is 6.59. The van der Waals surface area contributed by atoms with Gasteiger partial charge in [-0.2, -0.15) is 0 Å². The highest BCUT2D eigenvalue weighted by molar-refractivity contribution is 6.04. The molecule has 0 aromatic heterocycles. The van der Waals surface area contributed by atoms with Gasteiger partial charge in [0.25, 0.3) is 5.91 Å². The van der Waals surface area contributed by atoms with Gasteiger partial charge in [0.1, 0.15) is 0 Å². The van der Waals surface area contributed by atoms with Crippen molar-refractivity contribution in [3.05, 3.63) is 59.7 Å². The van der Waals surface area contributed by atoms with E-state index in [2.05, 4.69) is 10.2 Å². The van der Waals surface area contributed by atoms with E-state index in [0.717, 1.165) is 43.1 Å². The van der Waals surface area contributed by atoms with Crippen LogP contribution in [0.1, 0.15) is 29.3 Å². The minimum atomic E-state index is -0.107. The number of carbonyl (C=O) groups is 2. The van der Waals surface area contributed by atoms with Crippen LogP contribution in [0.4, 0.5) is 11.4 Å². The van der Waals surface area contributed by atoms with E-state index in [-0.39, 0.29) is 11.8 Å². The molecular weight excluding hydrogens is 326 g/mol. The van der Waals surface area contributed by atoms with Gasteiger partial charge in [-0.3, -0.25) is 9.59 Å². The van der Waals surface area contributed by atoms with Crippen LogP contribution in [-0.4, -0.2) is 42.9 Å². The average molecular weight is 351 g/mol. The quantitative estimate of drug-likeness (QED) is 0.919. The van der Waals surface area contributed by atoms with Crippen LogP contribution >= 0.6 is 0 Å². The van der Waals surface area contributed by atoms with Crippen LogP contribution in [0.15, 0.2) is 48.5 Å². The van der Waals surface area contributed by atoms with E-state index < -0.39 is 0 Å². The first-order chi connectivity index (χ1) is 12.6. The molecule has 0 bridgehead atoms. The molecule has 1 fully saturated rings. The number of hydrogen-bond acceptors (Lipinski definition) is 3. The molecule has 136 valence electrons. The van der Waals surface area contributed by atoms with Crippen LogP contribution < -0.4 is 10.2 Å². The zero-order valence-electron chi connectivity index (χ0n) is 15.4. The largest absolute Gasteiger partial charge is 0.368 e. The summed E-state index contributed by atoms with van der Waals surface area (Å²) in [7, 11) is 0. The van der Waals surface area contributed by atoms with E-state index in [4.69, 9.17) is 0 Å². The first-order valence-electron chi connectivity index (χ1n) is 9.07. The molecule has 2 amide bonds. The SMILES string of the molecule is CCC(=O)N1CCN(c2ccc(NC(=O)c3ccc(C)cc3)cc2)CC1. The van der Waals surface area contributed by atoms with E-state index in [1.807, 2.05) is 67.3 Å². The summed E-state index contributed by atoms with van der Waals surface area (Å²) in [6, 6.07) is 15.4. The maximum Gasteiger partial charge on any atom is 0.255 e. The molecule has 26 heavy (non-hydrogen) atoms. The summed E-state index contributed by atoms with van der Waals surface area (Å²) in [5.74, 6) is 0.114. The highest BCUT2D eigenvalue weighted by atomic mass is 16.2. The average Bonchev–Trinajstić information content (AvgIpc) is 2.68. The number of nitrogens with one attached hydrogen (secondary N) is 1. The number of benzene rings is 2. The Bertz CT molecular complexity index is 761. The summed E-state index contributed by atoms with van der Waals surface area (Å²) < 4.78 is 0. The zero-order chi connectivity index (χ0) is 18.5. The lowest BCUT2D eigenvalue weighted by molar-refractivity contribution is -0.131. The molecule has 0 saturated carbocycles. The van der Waals surface area contributed by atoms with Crippen molar-refractivity contribution in [2.75, 3.05) is 36.4 Å². The Morgan fingerprint density at radius 2 is 1.54 bits per heavy atom. The van der Waals surface area contributed by atoms with Crippen molar-refractivity contribution in [3.8, 4) is 0 Å². The van der Waals surface area contributed by atoms with Gasteiger partial charge in [-0.25, -0.2) is 0 Å². The highest BCUT2D eigenvalue weighted by Crippen LogP contribution is 2.20. The summed E-state index contributed by atoms with van der Waals surface area (Å²) >= 11 is 0. The molecule has 0 aliphatic carbocycles. The maximum atomic E-state index is 12.3. The van der Waals surface area contributed by atoms with E-state index in [0.29, 0.717) is 12.0 Å². The summed E-state index contributed by atoms with van der Waals surface area (Å²) in [6.07, 6.45) is 0.565. The molecule has 1 aliphatic heterocycles. The standard InChI is InChI=1S/C21H25N3O2/c1-3-20(25)24-14-12-23(13-15-24)19-10-8-18(9-11-19)22-21(26)17-6-4-16(2)5-7-17/h4-11H,3,12-15H2,1-2H3,(H,22,26). The number of piperazine rings is 1. The van der Waals surface area contributed by atoms with Gasteiger partial charge >= 0.3 is 0 Å². The molecular formula is C21H25N3O2. The van der Waals surface area contributed by atoms with Gasteiger partial charge in [0, 0.05) is 49.5 Å². The maximum absolute atomic E-state index is 12.3. The van der Waals surface area contributed by atoms with Gasteiger partial charge in [0.15, 0.2) is 0 Å². The molecule has 1 aliphatic rings. The van der Waals surface area contributed by atoms with Crippen molar-refractivity contribution < 1.29 is 9.59 Å². The Hall–Kier alpha value is -2.82. The molecule has 1 saturated heterocycles. The molecule has 0 atom stereocenters. The fourth-order valence-corrected chi connectivity index (χ4v) is 3.10. The van der Waals surface area contributed by atoms with Gasteiger partial charge in [-0.1, -0.05) is 24.6 Å². The molecule has 0 radical (unpaired) electrons. The smallest absolute Gasteiger partial charge is 0.255 e. The molecule has 1 N–H and O–H groups in total. The molecule has 0 unspecified atom stereocenters. The lowest BCUT2D eigenvalue weighted by Gasteiger charge is -2.36. The molecule has 1 heterocycles. The second-order valence-corrected chi connectivity index (χ2v) is 6.59. The molecule has 3 rings (SSSR count). The van der Waals surface area contributed by atoms with E-state index in [1.54, 1.807) is 0 Å². The highest BCUT2D eigenvalue weighted by Gasteiger charge is 2.20. The van der Waals surface area contributed by atoms with Crippen LogP contribution in [0.3, 0.4) is 0 Å². The summed E-state index contributed by atoms with van der Waals surface area (Å²) in [6.45, 7) is 7.09. The molecule has 2 aromatic carbocycles. The number of anilines is 2. The normalized spacial score (nSPS) is 14.2. The third kappa shape index (κ3) is 4.23. The lowest BCUT2D eigenvalue weighted by atomic mass is 10.1. The van der Waals surface area contributed by atoms with E-state index in [9.17, 15) is 9.59 Å². The van der Waals surface area contributed by atoms with Gasteiger partial charge in [0.05, 0.1) is 0 Å². The summed E-state index contributed by atoms with van der Waals surface area (Å²) in [5.41, 5.74) is 3.67. The monoisotopic (exact) mass is 351 g/mol. The van der Waals surface area contributed by atoms with Gasteiger partial charge in [-0.05, 0) is 43.3 Å². The first-order valence-corrected chi connectivity index (χ1v) is 9.07. The number of amides is 2. The molecule has 5 nitrogen and oxygen atoms in total. The molecule has 0 spiro atoms. The lowest BCUT2D eigenvalue weighted by Crippen LogP contribution is -2.48. The summed E-state index contributed by atoms with van der Waals surface area (Å²) in [5, 5.41) is 2.93. The zero-order valence-corrected chi connectivity index (χ0v) is 15.4. The van der Waals surface area contributed by atoms with Crippen molar-refractivity contribution >= 4 is 23.2 Å². The van der Waals surface area contributed by atoms with Crippen molar-refractivity contribution in [1.82, 2.24) is 4.90 Å². The van der Waals surface area contributed by atoms with Crippen molar-refractivity contribution in [2.24, 2.45) is 0 Å². The van der Waals surface area contributed by atoms with Crippen LogP contribution in [0, 0.1) is 6.92 Å². The van der Waals surface area contributed by atoms with E-state index >= 15 is 0 Å². The number of nitrogens with zero attached hydrogens (tertiary/aromatic N) is 2. The number of carbonyl (C=O) groups excluding carboxylic acids is 2. The Balaban J connectivity index is 1.58. The predicted molar refractivity (Wildman–Crippen MR) is 105 cm³/mol. The van der Waals surface area contributed by atoms with Gasteiger partial charge in [0.2, 0.25) is 5.91 Å². The summed E-state index contributed by atoms with van der Waals surface area (Å²) in [4.78, 5) is 28.2. The topological polar surface area (TPSA) is 52.7 Å². The van der Waals surface area contributed by atoms with E-state index in [1.165, 1.54) is 0 Å². The third-order valence-electron chi connectivity index (χ3n) is 4.74. The van der Waals surface area contributed by atoms with Crippen molar-refractivity contribution in [1.29, 1.82) is 0 Å². The number of aryl methyl sites for hydroxylation is 1. The number of rotatable bonds is 4. The van der Waals surface area contributed by atoms with Crippen molar-refractivity contribution in [2.45, 2.75) is 20.3 Å². The van der Waals surface area contributed by atoms with Gasteiger partial charge in [-0.15, -0.1) is 0 Å². The van der Waals surface area contributed by atoms with Crippen LogP contribution in [0.5, 0.6) is 0 Å². The third-order valence-corrected chi connectivity index (χ3v) is 4.74. The van der Waals surface area contributed by atoms with Crippen LogP contribution in [0.2, 0.25) is 0 Å². The first kappa shape index (κ1) is 18.0. The fraction of sp³-hybridized carbons (Fsp3) is 0.333. The molecule has 2 aromatic rings. The minimum Gasteiger partial charge on any atom is -0.368 e.